The molecule has 0 saturated heterocycles. The second-order valence-corrected chi connectivity index (χ2v) is 7.13. The van der Waals surface area contributed by atoms with Crippen LogP contribution >= 0.6 is 11.8 Å². The number of para-hydroxylation sites is 1. The van der Waals surface area contributed by atoms with E-state index in [2.05, 4.69) is 23.2 Å². The average Bonchev–Trinajstić information content (AvgIpc) is 3.23. The molecule has 0 aliphatic carbocycles. The lowest BCUT2D eigenvalue weighted by Crippen LogP contribution is -2.18. The van der Waals surface area contributed by atoms with Gasteiger partial charge < -0.3 is 4.57 Å². The van der Waals surface area contributed by atoms with Crippen molar-refractivity contribution < 1.29 is 4.79 Å². The molecular weight excluding hydrogens is 362 g/mol. The van der Waals surface area contributed by atoms with Crippen molar-refractivity contribution in [1.82, 2.24) is 19.3 Å². The Morgan fingerprint density at radius 2 is 2.15 bits per heavy atom. The molecule has 7 nitrogen and oxygen atoms in total. The van der Waals surface area contributed by atoms with E-state index in [0.29, 0.717) is 30.2 Å². The number of nitrogens with one attached hydrogen (secondary N) is 1. The maximum absolute atomic E-state index is 12.8. The molecule has 0 radical (unpaired) electrons. The molecule has 0 atom stereocenters. The number of carbonyl (C=O) groups is 1. The van der Waals surface area contributed by atoms with Crippen molar-refractivity contribution in [3.63, 3.8) is 0 Å². The molecule has 0 fully saturated rings. The quantitative estimate of drug-likeness (QED) is 0.452. The van der Waals surface area contributed by atoms with Crippen LogP contribution in [0.4, 0.5) is 0 Å². The van der Waals surface area contributed by atoms with Crippen molar-refractivity contribution in [2.24, 2.45) is 0 Å². The van der Waals surface area contributed by atoms with Crippen LogP contribution in [0, 0.1) is 11.3 Å². The number of thioether (sulfide) groups is 1. The van der Waals surface area contributed by atoms with Gasteiger partial charge in [0.05, 0.1) is 18.2 Å². The van der Waals surface area contributed by atoms with Crippen molar-refractivity contribution in [3.05, 3.63) is 46.5 Å². The number of benzene rings is 1. The number of unbranched alkanes of at least 4 members (excludes halogenated alkanes) is 1. The van der Waals surface area contributed by atoms with Gasteiger partial charge in [0, 0.05) is 35.8 Å². The molecule has 3 aromatic rings. The normalized spacial score (nSPS) is 11.0. The number of nitriles is 1. The van der Waals surface area contributed by atoms with Crippen molar-refractivity contribution in [1.29, 1.82) is 5.26 Å². The highest BCUT2D eigenvalue weighted by Crippen LogP contribution is 2.24. The maximum Gasteiger partial charge on any atom is 0.343 e. The molecule has 27 heavy (non-hydrogen) atoms. The molecule has 8 heteroatoms. The highest BCUT2D eigenvalue weighted by atomic mass is 32.2. The van der Waals surface area contributed by atoms with E-state index < -0.39 is 0 Å². The molecule has 3 rings (SSSR count). The predicted molar refractivity (Wildman–Crippen MR) is 105 cm³/mol. The SMILES string of the molecule is CCCCn1c(SCC(=O)c2cn(CCC#N)c3ccccc23)n[nH]c1=O. The Hall–Kier alpha value is -2.79. The minimum atomic E-state index is -0.244. The summed E-state index contributed by atoms with van der Waals surface area (Å²) in [6.07, 6.45) is 4.06. The summed E-state index contributed by atoms with van der Waals surface area (Å²) in [5.41, 5.74) is 1.33. The first-order valence-corrected chi connectivity index (χ1v) is 9.90. The Morgan fingerprint density at radius 1 is 1.33 bits per heavy atom. The molecule has 0 bridgehead atoms. The monoisotopic (exact) mass is 383 g/mol. The molecule has 0 unspecified atom stereocenters. The number of carbonyl (C=O) groups excluding carboxylic acids is 1. The van der Waals surface area contributed by atoms with Gasteiger partial charge in [-0.1, -0.05) is 43.3 Å². The lowest BCUT2D eigenvalue weighted by molar-refractivity contribution is 0.102. The molecule has 2 aromatic heterocycles. The molecule has 1 N–H and O–H groups in total. The second kappa shape index (κ2) is 8.73. The van der Waals surface area contributed by atoms with Gasteiger partial charge in [0.1, 0.15) is 0 Å². The van der Waals surface area contributed by atoms with Crippen molar-refractivity contribution >= 4 is 28.4 Å². The molecule has 0 aliphatic rings. The van der Waals surface area contributed by atoms with E-state index in [1.807, 2.05) is 35.0 Å². The summed E-state index contributed by atoms with van der Waals surface area (Å²) in [6.45, 7) is 3.20. The van der Waals surface area contributed by atoms with Crippen LogP contribution in [-0.4, -0.2) is 30.9 Å². The fourth-order valence-electron chi connectivity index (χ4n) is 2.96. The topological polar surface area (TPSA) is 96.5 Å². The van der Waals surface area contributed by atoms with E-state index in [1.54, 1.807) is 4.57 Å². The van der Waals surface area contributed by atoms with Crippen molar-refractivity contribution in [2.45, 2.75) is 44.4 Å². The van der Waals surface area contributed by atoms with Gasteiger partial charge >= 0.3 is 5.69 Å². The summed E-state index contributed by atoms with van der Waals surface area (Å²) < 4.78 is 3.53. The van der Waals surface area contributed by atoms with Crippen molar-refractivity contribution in [2.75, 3.05) is 5.75 Å². The number of aromatic nitrogens is 4. The zero-order chi connectivity index (χ0) is 19.2. The number of aryl methyl sites for hydroxylation is 1. The predicted octanol–water partition coefficient (Wildman–Crippen LogP) is 3.21. The molecule has 140 valence electrons. The highest BCUT2D eigenvalue weighted by Gasteiger charge is 2.17. The van der Waals surface area contributed by atoms with Crippen LogP contribution < -0.4 is 5.69 Å². The van der Waals surface area contributed by atoms with Gasteiger partial charge in [0.25, 0.3) is 0 Å². The third kappa shape index (κ3) is 4.14. The van der Waals surface area contributed by atoms with Crippen LogP contribution in [-0.2, 0) is 13.1 Å². The minimum absolute atomic E-state index is 0.0237. The van der Waals surface area contributed by atoms with Gasteiger partial charge in [-0.25, -0.2) is 9.89 Å². The summed E-state index contributed by atoms with van der Waals surface area (Å²) in [5.74, 6) is 0.173. The lowest BCUT2D eigenvalue weighted by atomic mass is 10.1. The highest BCUT2D eigenvalue weighted by molar-refractivity contribution is 7.99. The largest absolute Gasteiger partial charge is 0.346 e. The zero-order valence-electron chi connectivity index (χ0n) is 15.1. The zero-order valence-corrected chi connectivity index (χ0v) is 16.0. The Balaban J connectivity index is 1.79. The van der Waals surface area contributed by atoms with Crippen LogP contribution in [0.5, 0.6) is 0 Å². The van der Waals surface area contributed by atoms with Crippen LogP contribution in [0.25, 0.3) is 10.9 Å². The number of hydrogen-bond donors (Lipinski definition) is 1. The smallest absolute Gasteiger partial charge is 0.343 e. The molecule has 0 spiro atoms. The fraction of sp³-hybridized carbons (Fsp3) is 0.368. The summed E-state index contributed by atoms with van der Waals surface area (Å²) in [4.78, 5) is 24.7. The molecule has 0 saturated carbocycles. The van der Waals surface area contributed by atoms with E-state index in [4.69, 9.17) is 5.26 Å². The van der Waals surface area contributed by atoms with E-state index in [0.717, 1.165) is 23.7 Å². The molecule has 1 aromatic carbocycles. The third-order valence-electron chi connectivity index (χ3n) is 4.34. The Kier molecular flexibility index (Phi) is 6.14. The number of ketones is 1. The average molecular weight is 383 g/mol. The number of H-pyrrole nitrogens is 1. The summed E-state index contributed by atoms with van der Waals surface area (Å²) in [6, 6.07) is 9.83. The van der Waals surface area contributed by atoms with Crippen molar-refractivity contribution in [3.8, 4) is 6.07 Å². The second-order valence-electron chi connectivity index (χ2n) is 6.19. The van der Waals surface area contributed by atoms with Gasteiger partial charge in [0.15, 0.2) is 10.9 Å². The Labute approximate surface area is 161 Å². The van der Waals surface area contributed by atoms with Gasteiger partial charge in [-0.15, -0.1) is 5.10 Å². The number of hydrogen-bond acceptors (Lipinski definition) is 5. The van der Waals surface area contributed by atoms with Crippen LogP contribution in [0.15, 0.2) is 40.4 Å². The molecule has 0 amide bonds. The standard InChI is InChI=1S/C19H21N5O2S/c1-2-3-11-24-18(26)21-22-19(24)27-13-17(25)15-12-23(10-6-9-20)16-8-5-4-7-14(15)16/h4-5,7-8,12H,2-3,6,10-11,13H2,1H3,(H,21,26). The van der Waals surface area contributed by atoms with E-state index in [-0.39, 0.29) is 17.2 Å². The summed E-state index contributed by atoms with van der Waals surface area (Å²) in [5, 5.41) is 16.8. The van der Waals surface area contributed by atoms with Gasteiger partial charge in [0.2, 0.25) is 0 Å². The van der Waals surface area contributed by atoms with E-state index >= 15 is 0 Å². The first-order valence-electron chi connectivity index (χ1n) is 8.91. The maximum atomic E-state index is 12.8. The van der Waals surface area contributed by atoms with Crippen LogP contribution in [0.2, 0.25) is 0 Å². The van der Waals surface area contributed by atoms with E-state index in [9.17, 15) is 9.59 Å². The summed E-state index contributed by atoms with van der Waals surface area (Å²) >= 11 is 1.27. The minimum Gasteiger partial charge on any atom is -0.346 e. The van der Waals surface area contributed by atoms with Gasteiger partial charge in [-0.2, -0.15) is 5.26 Å². The first-order chi connectivity index (χ1) is 13.2. The number of rotatable bonds is 9. The molecular formula is C19H21N5O2S. The first kappa shape index (κ1) is 19.0. The van der Waals surface area contributed by atoms with E-state index in [1.165, 1.54) is 11.8 Å². The third-order valence-corrected chi connectivity index (χ3v) is 5.32. The number of aromatic amines is 1. The fourth-order valence-corrected chi connectivity index (χ4v) is 3.82. The number of fused-ring (bicyclic) bond motifs is 1. The molecule has 0 aliphatic heterocycles. The Bertz CT molecular complexity index is 1040. The molecule has 2 heterocycles. The van der Waals surface area contributed by atoms with Gasteiger partial charge in [-0.3, -0.25) is 9.36 Å². The number of nitrogens with zero attached hydrogens (tertiary/aromatic N) is 4. The van der Waals surface area contributed by atoms with Crippen LogP contribution in [0.1, 0.15) is 36.5 Å². The van der Waals surface area contributed by atoms with Gasteiger partial charge in [-0.05, 0) is 12.5 Å². The summed E-state index contributed by atoms with van der Waals surface area (Å²) in [7, 11) is 0. The number of Topliss-reactive ketones (excluding diaryl/α,β-unsaturated/α-hetero) is 1. The lowest BCUT2D eigenvalue weighted by Gasteiger charge is -2.04. The van der Waals surface area contributed by atoms with Crippen LogP contribution in [0.3, 0.4) is 0 Å². The Morgan fingerprint density at radius 3 is 2.93 bits per heavy atom.